The number of nitrogens with one attached hydrogen (secondary N) is 7. The van der Waals surface area contributed by atoms with Crippen LogP contribution in [0.5, 0.6) is 0 Å². The predicted molar refractivity (Wildman–Crippen MR) is 508 cm³/mol. The Morgan fingerprint density at radius 1 is 0.512 bits per heavy atom. The second kappa shape index (κ2) is 39.4. The maximum atomic E-state index is 14.0. The second-order valence-electron chi connectivity index (χ2n) is 32.4. The number of pyridine rings is 5. The number of anilines is 13. The van der Waals surface area contributed by atoms with Gasteiger partial charge in [-0.25, -0.2) is 24.3 Å². The van der Waals surface area contributed by atoms with Gasteiger partial charge >= 0.3 is 6.18 Å². The standard InChI is InChI=1S/C28H37N4OP.C23H24F4N3OP.C23H23N4OP.C22H26N3O2P/c1-6-32(7-2)19-21-11-13-23(14-12-21)30-28-20(3)27(25-9-8-10-26(25)31-28)29-22-15-17-24(18-16-22)34(4,5)33;1-3-32(31,4-2)17-9-7-16(8-10-17)29-21-13-20(28-15-5-6-15)22-18(23(25,26)27)11-14(24)12-19(22)30-21;1-29(2,28)19-12-10-17(11-13-19)16-25-22-15-21(26-18-7-4-3-5-8-18)23-20(27-22)9-6-14-24-23;1-16-21(25-12-14-27-15-13-25)19-6-4-5-7-20(19)24-22(16)23-17-8-10-18(11-9-17)28(2,3)26/h11-18H,6-10,19H2,1-5H3,(H2,29,30,31);7-13,15H,3-6H2,1-2H3,(H2,28,29,30);3-15H,16H2,1-2H3,(H2,25,26,27);4-11H,12-15H2,1-3H3,(H,23,24). The van der Waals surface area contributed by atoms with E-state index >= 15 is 0 Å². The Kier molecular flexibility index (Phi) is 28.8. The summed E-state index contributed by atoms with van der Waals surface area (Å²) in [7, 11) is -9.15. The second-order valence-corrected chi connectivity index (χ2v) is 45.6. The largest absolute Gasteiger partial charge is 0.417 e. The van der Waals surface area contributed by atoms with Crippen molar-refractivity contribution in [2.75, 3.05) is 134 Å². The molecule has 3 aliphatic rings. The first-order chi connectivity index (χ1) is 58.8. The Labute approximate surface area is 719 Å². The highest BCUT2D eigenvalue weighted by Gasteiger charge is 2.36. The number of morpholine rings is 1. The number of para-hydroxylation sites is 2. The van der Waals surface area contributed by atoms with E-state index < -0.39 is 46.1 Å². The molecule has 2 fully saturated rings. The maximum absolute atomic E-state index is 14.0. The van der Waals surface area contributed by atoms with E-state index in [4.69, 9.17) is 19.7 Å². The number of ether oxygens (including phenoxy) is 1. The number of benzene rings is 8. The highest BCUT2D eigenvalue weighted by molar-refractivity contribution is 7.71. The van der Waals surface area contributed by atoms with Crippen LogP contribution in [0.4, 0.5) is 92.0 Å². The molecule has 642 valence electrons. The first-order valence-corrected chi connectivity index (χ1v) is 51.8. The molecular weight excluding hydrogens is 1630 g/mol. The molecule has 1 saturated carbocycles. The molecule has 13 aromatic rings. The topological polar surface area (TPSA) is 233 Å². The van der Waals surface area contributed by atoms with Crippen molar-refractivity contribution in [3.05, 3.63) is 263 Å². The van der Waals surface area contributed by atoms with Crippen molar-refractivity contribution in [2.45, 2.75) is 99.0 Å². The third-order valence-electron chi connectivity index (χ3n) is 22.3. The van der Waals surface area contributed by atoms with Crippen LogP contribution in [-0.2, 0) is 55.1 Å². The number of aryl methyl sites for hydroxylation is 1. The third kappa shape index (κ3) is 23.2. The minimum atomic E-state index is -4.71. The molecule has 0 amide bonds. The molecule has 123 heavy (non-hydrogen) atoms. The monoisotopic (exact) mass is 1740 g/mol. The minimum absolute atomic E-state index is 0.0800. The molecule has 5 aromatic heterocycles. The number of halogens is 4. The molecule has 7 N–H and O–H groups in total. The van der Waals surface area contributed by atoms with Crippen molar-refractivity contribution >= 4 is 157 Å². The van der Waals surface area contributed by atoms with Crippen LogP contribution in [0.2, 0.25) is 0 Å². The maximum Gasteiger partial charge on any atom is 0.417 e. The van der Waals surface area contributed by atoms with Gasteiger partial charge in [0.25, 0.3) is 0 Å². The Balaban J connectivity index is 0.000000141. The highest BCUT2D eigenvalue weighted by atomic mass is 31.2. The fraction of sp³-hybridized carbons (Fsp3) is 0.302. The summed E-state index contributed by atoms with van der Waals surface area (Å²) in [6.45, 7) is 30.2. The van der Waals surface area contributed by atoms with Gasteiger partial charge in [-0.05, 0) is 237 Å². The van der Waals surface area contributed by atoms with Gasteiger partial charge in [0, 0.05) is 152 Å². The highest BCUT2D eigenvalue weighted by Crippen LogP contribution is 2.46. The first kappa shape index (κ1) is 90.0. The SMILES string of the molecule is CCN(CC)Cc1ccc(Nc2nc3c(c(Nc4ccc(P(C)(C)=O)cc4)c2C)CCC3)cc1.CCP(=O)(CC)c1ccc(Nc2cc(NC3CC3)c3c(C(F)(F)F)cc(F)cc3n2)cc1.CP(C)(=O)c1ccc(CNc2cc(Nc3ccccc3)c3ncccc3n2)cc1.Cc1c(Nc2ccc(P(C)(C)=O)cc2)nc2ccccc2c1N1CCOCC1. The van der Waals surface area contributed by atoms with E-state index in [0.717, 1.165) is 190 Å². The van der Waals surface area contributed by atoms with E-state index in [1.54, 1.807) is 57.1 Å². The molecule has 0 unspecified atom stereocenters. The number of alkyl halides is 3. The molecular formula is C96H110F4N14O5P4. The predicted octanol–water partition coefficient (Wildman–Crippen LogP) is 22.8. The number of nitrogens with zero attached hydrogens (tertiary/aromatic N) is 7. The Bertz CT molecular complexity index is 6060. The van der Waals surface area contributed by atoms with Crippen LogP contribution < -0.4 is 63.3 Å². The molecule has 16 rings (SSSR count). The lowest BCUT2D eigenvalue weighted by Gasteiger charge is -2.31. The van der Waals surface area contributed by atoms with Crippen molar-refractivity contribution in [2.24, 2.45) is 0 Å². The molecule has 0 bridgehead atoms. The van der Waals surface area contributed by atoms with E-state index in [1.165, 1.54) is 34.0 Å². The van der Waals surface area contributed by atoms with E-state index in [1.807, 2.05) is 155 Å². The molecule has 6 heterocycles. The molecule has 0 atom stereocenters. The Morgan fingerprint density at radius 2 is 1.03 bits per heavy atom. The summed E-state index contributed by atoms with van der Waals surface area (Å²) in [5, 5.41) is 28.2. The zero-order valence-corrected chi connectivity index (χ0v) is 75.5. The summed E-state index contributed by atoms with van der Waals surface area (Å²) < 4.78 is 110. The van der Waals surface area contributed by atoms with Gasteiger partial charge in [0.15, 0.2) is 0 Å². The lowest BCUT2D eigenvalue weighted by Crippen LogP contribution is -2.36. The lowest BCUT2D eigenvalue weighted by atomic mass is 10.1. The van der Waals surface area contributed by atoms with Crippen LogP contribution in [-0.4, -0.2) is 128 Å². The van der Waals surface area contributed by atoms with E-state index in [9.17, 15) is 35.8 Å². The van der Waals surface area contributed by atoms with Crippen LogP contribution in [0.1, 0.15) is 86.0 Å². The Hall–Kier alpha value is -10.8. The summed E-state index contributed by atoms with van der Waals surface area (Å²) in [5.41, 5.74) is 16.8. The molecule has 1 saturated heterocycles. The number of hydrogen-bond donors (Lipinski definition) is 7. The average molecular weight is 1740 g/mol. The van der Waals surface area contributed by atoms with Gasteiger partial charge in [0.1, 0.15) is 63.2 Å². The number of hydrogen-bond acceptors (Lipinski definition) is 19. The van der Waals surface area contributed by atoms with Gasteiger partial charge in [-0.3, -0.25) is 9.88 Å². The number of rotatable bonds is 26. The quantitative estimate of drug-likeness (QED) is 0.0197. The summed E-state index contributed by atoms with van der Waals surface area (Å²) in [6, 6.07) is 66.7. The summed E-state index contributed by atoms with van der Waals surface area (Å²) >= 11 is 0. The van der Waals surface area contributed by atoms with E-state index in [2.05, 4.69) is 127 Å². The fourth-order valence-electron chi connectivity index (χ4n) is 15.0. The number of aromatic nitrogens is 5. The van der Waals surface area contributed by atoms with Crippen molar-refractivity contribution in [3.63, 3.8) is 0 Å². The number of fused-ring (bicyclic) bond motifs is 4. The van der Waals surface area contributed by atoms with E-state index in [0.29, 0.717) is 36.4 Å². The van der Waals surface area contributed by atoms with Gasteiger partial charge < -0.3 is 65.1 Å². The van der Waals surface area contributed by atoms with Gasteiger partial charge in [0.05, 0.1) is 52.4 Å². The fourth-order valence-corrected chi connectivity index (χ4v) is 19.5. The van der Waals surface area contributed by atoms with Crippen molar-refractivity contribution in [1.29, 1.82) is 0 Å². The minimum Gasteiger partial charge on any atom is -0.382 e. The zero-order chi connectivity index (χ0) is 87.4. The molecule has 2 aliphatic carbocycles. The van der Waals surface area contributed by atoms with Crippen LogP contribution in [0.25, 0.3) is 32.8 Å². The smallest absolute Gasteiger partial charge is 0.382 e. The van der Waals surface area contributed by atoms with Crippen molar-refractivity contribution in [3.8, 4) is 0 Å². The first-order valence-electron chi connectivity index (χ1n) is 41.9. The Morgan fingerprint density at radius 3 is 1.62 bits per heavy atom. The lowest BCUT2D eigenvalue weighted by molar-refractivity contribution is -0.136. The third-order valence-corrected chi connectivity index (χ3v) is 30.2. The van der Waals surface area contributed by atoms with Crippen molar-refractivity contribution < 1.29 is 40.6 Å². The molecule has 0 radical (unpaired) electrons. The molecule has 27 heteroatoms. The molecule has 1 aliphatic heterocycles. The molecule has 0 spiro atoms. The van der Waals surface area contributed by atoms with Crippen molar-refractivity contribution in [1.82, 2.24) is 29.8 Å². The average Bonchev–Trinajstić information content (AvgIpc) is 1.75. The van der Waals surface area contributed by atoms with Crippen LogP contribution in [0.3, 0.4) is 0 Å². The summed E-state index contributed by atoms with van der Waals surface area (Å²) in [6.07, 6.45) is 3.13. The van der Waals surface area contributed by atoms with Crippen LogP contribution >= 0.6 is 28.6 Å². The van der Waals surface area contributed by atoms with Crippen LogP contribution in [0, 0.1) is 19.7 Å². The van der Waals surface area contributed by atoms with Gasteiger partial charge in [0.2, 0.25) is 0 Å². The van der Waals surface area contributed by atoms with Gasteiger partial charge in [-0.1, -0.05) is 100 Å². The van der Waals surface area contributed by atoms with E-state index in [-0.39, 0.29) is 22.6 Å². The van der Waals surface area contributed by atoms with Crippen LogP contribution in [0.15, 0.2) is 219 Å². The van der Waals surface area contributed by atoms with Gasteiger partial charge in [-0.2, -0.15) is 13.2 Å². The normalized spacial score (nSPS) is 13.6. The van der Waals surface area contributed by atoms with Gasteiger partial charge in [-0.15, -0.1) is 0 Å². The summed E-state index contributed by atoms with van der Waals surface area (Å²) in [4.78, 5) is 28.1. The molecule has 8 aromatic carbocycles. The summed E-state index contributed by atoms with van der Waals surface area (Å²) in [5.74, 6) is 1.82. The molecule has 19 nitrogen and oxygen atoms in total. The zero-order valence-electron chi connectivity index (χ0n) is 71.9.